The topological polar surface area (TPSA) is 92.4 Å². The molecule has 0 aliphatic heterocycles. The van der Waals surface area contributed by atoms with Gasteiger partial charge in [0.25, 0.3) is 0 Å². The van der Waals surface area contributed by atoms with Crippen molar-refractivity contribution in [2.75, 3.05) is 5.32 Å². The summed E-state index contributed by atoms with van der Waals surface area (Å²) in [5.74, 6) is -1.21. The van der Waals surface area contributed by atoms with Crippen molar-refractivity contribution in [3.8, 4) is 0 Å². The van der Waals surface area contributed by atoms with Gasteiger partial charge in [-0.2, -0.15) is 0 Å². The molecule has 0 aliphatic carbocycles. The quantitative estimate of drug-likeness (QED) is 0.699. The van der Waals surface area contributed by atoms with Crippen LogP contribution in [0.3, 0.4) is 0 Å². The van der Waals surface area contributed by atoms with Crippen molar-refractivity contribution >= 4 is 17.6 Å². The number of aliphatic carboxylic acids is 1. The summed E-state index contributed by atoms with van der Waals surface area (Å²) >= 11 is 0. The van der Waals surface area contributed by atoms with Crippen molar-refractivity contribution < 1.29 is 14.7 Å². The summed E-state index contributed by atoms with van der Waals surface area (Å²) in [6, 6.07) is 6.30. The lowest BCUT2D eigenvalue weighted by Crippen LogP contribution is -2.35. The molecule has 0 aliphatic rings. The smallest absolute Gasteiger partial charge is 0.307 e. The predicted octanol–water partition coefficient (Wildman–Crippen LogP) is 1.77. The maximum absolute atomic E-state index is 11.9. The van der Waals surface area contributed by atoms with Gasteiger partial charge in [0.15, 0.2) is 0 Å². The molecule has 0 spiro atoms. The molecule has 1 amide bonds. The average Bonchev–Trinajstić information content (AvgIpc) is 2.37. The molecular weight excluding hydrogens is 244 g/mol. The Labute approximate surface area is 112 Å². The number of hydrogen-bond donors (Lipinski definition) is 3. The summed E-state index contributed by atoms with van der Waals surface area (Å²) in [5.41, 5.74) is 6.86. The first kappa shape index (κ1) is 15.2. The highest BCUT2D eigenvalue weighted by Crippen LogP contribution is 2.16. The van der Waals surface area contributed by atoms with Crippen molar-refractivity contribution in [1.82, 2.24) is 0 Å². The number of anilines is 1. The number of amides is 1. The van der Waals surface area contributed by atoms with Crippen LogP contribution in [0.4, 0.5) is 5.69 Å². The van der Waals surface area contributed by atoms with Gasteiger partial charge in [0.05, 0.1) is 12.5 Å². The lowest BCUT2D eigenvalue weighted by Gasteiger charge is -2.14. The van der Waals surface area contributed by atoms with E-state index >= 15 is 0 Å². The van der Waals surface area contributed by atoms with E-state index in [2.05, 4.69) is 5.32 Å². The SMILES string of the molecule is CCCC[C@H](N)C(=O)Nc1ccccc1CC(=O)O. The van der Waals surface area contributed by atoms with E-state index in [1.165, 1.54) is 0 Å². The molecule has 5 nitrogen and oxygen atoms in total. The normalized spacial score (nSPS) is 11.9. The van der Waals surface area contributed by atoms with Crippen LogP contribution >= 0.6 is 0 Å². The highest BCUT2D eigenvalue weighted by Gasteiger charge is 2.15. The Morgan fingerprint density at radius 2 is 2.05 bits per heavy atom. The van der Waals surface area contributed by atoms with Gasteiger partial charge < -0.3 is 16.2 Å². The highest BCUT2D eigenvalue weighted by atomic mass is 16.4. The Bertz CT molecular complexity index is 446. The molecule has 0 fully saturated rings. The second-order valence-corrected chi connectivity index (χ2v) is 4.47. The van der Waals surface area contributed by atoms with Gasteiger partial charge >= 0.3 is 5.97 Å². The second-order valence-electron chi connectivity index (χ2n) is 4.47. The Morgan fingerprint density at radius 3 is 2.68 bits per heavy atom. The fourth-order valence-electron chi connectivity index (χ4n) is 1.74. The van der Waals surface area contributed by atoms with Crippen LogP contribution in [0.5, 0.6) is 0 Å². The van der Waals surface area contributed by atoms with Crippen LogP contribution in [0.25, 0.3) is 0 Å². The molecule has 0 heterocycles. The first-order valence-electron chi connectivity index (χ1n) is 6.40. The predicted molar refractivity (Wildman–Crippen MR) is 73.9 cm³/mol. The number of carbonyl (C=O) groups is 2. The third kappa shape index (κ3) is 5.09. The minimum Gasteiger partial charge on any atom is -0.481 e. The zero-order valence-corrected chi connectivity index (χ0v) is 11.1. The van der Waals surface area contributed by atoms with E-state index in [-0.39, 0.29) is 12.3 Å². The number of rotatable bonds is 7. The molecular formula is C14H20N2O3. The summed E-state index contributed by atoms with van der Waals surface area (Å²) in [6.45, 7) is 2.03. The van der Waals surface area contributed by atoms with Gasteiger partial charge in [0.1, 0.15) is 0 Å². The fraction of sp³-hybridized carbons (Fsp3) is 0.429. The van der Waals surface area contributed by atoms with Crippen molar-refractivity contribution in [2.45, 2.75) is 38.6 Å². The molecule has 1 aromatic rings. The Kier molecular flexibility index (Phi) is 6.02. The third-order valence-electron chi connectivity index (χ3n) is 2.82. The van der Waals surface area contributed by atoms with Crippen molar-refractivity contribution in [2.24, 2.45) is 5.73 Å². The number of unbranched alkanes of at least 4 members (excludes halogenated alkanes) is 1. The van der Waals surface area contributed by atoms with Gasteiger partial charge in [-0.3, -0.25) is 9.59 Å². The highest BCUT2D eigenvalue weighted by molar-refractivity contribution is 5.95. The summed E-state index contributed by atoms with van der Waals surface area (Å²) < 4.78 is 0. The first-order valence-corrected chi connectivity index (χ1v) is 6.40. The van der Waals surface area contributed by atoms with Crippen molar-refractivity contribution in [3.63, 3.8) is 0 Å². The molecule has 0 unspecified atom stereocenters. The van der Waals surface area contributed by atoms with E-state index in [1.54, 1.807) is 24.3 Å². The summed E-state index contributed by atoms with van der Waals surface area (Å²) in [6.07, 6.45) is 2.38. The number of carbonyl (C=O) groups excluding carboxylic acids is 1. The summed E-state index contributed by atoms with van der Waals surface area (Å²) in [7, 11) is 0. The summed E-state index contributed by atoms with van der Waals surface area (Å²) in [5, 5.41) is 11.5. The molecule has 1 atom stereocenters. The maximum Gasteiger partial charge on any atom is 0.307 e. The first-order chi connectivity index (χ1) is 9.04. The van der Waals surface area contributed by atoms with Gasteiger partial charge in [0.2, 0.25) is 5.91 Å². The van der Waals surface area contributed by atoms with E-state index in [0.29, 0.717) is 17.7 Å². The number of hydrogen-bond acceptors (Lipinski definition) is 3. The molecule has 19 heavy (non-hydrogen) atoms. The van der Waals surface area contributed by atoms with Crippen molar-refractivity contribution in [3.05, 3.63) is 29.8 Å². The largest absolute Gasteiger partial charge is 0.481 e. The number of nitrogens with two attached hydrogens (primary N) is 1. The molecule has 0 aromatic heterocycles. The molecule has 4 N–H and O–H groups in total. The molecule has 104 valence electrons. The molecule has 1 aromatic carbocycles. The zero-order valence-electron chi connectivity index (χ0n) is 11.1. The maximum atomic E-state index is 11.9. The molecule has 0 saturated carbocycles. The average molecular weight is 264 g/mol. The van der Waals surface area contributed by atoms with E-state index < -0.39 is 12.0 Å². The number of carboxylic acids is 1. The second kappa shape index (κ2) is 7.53. The lowest BCUT2D eigenvalue weighted by molar-refractivity contribution is -0.136. The van der Waals surface area contributed by atoms with Gasteiger partial charge in [0, 0.05) is 5.69 Å². The zero-order chi connectivity index (χ0) is 14.3. The van der Waals surface area contributed by atoms with Crippen LogP contribution in [-0.2, 0) is 16.0 Å². The van der Waals surface area contributed by atoms with Gasteiger partial charge in [-0.05, 0) is 18.1 Å². The van der Waals surface area contributed by atoms with Crippen LogP contribution in [0.2, 0.25) is 0 Å². The van der Waals surface area contributed by atoms with E-state index in [9.17, 15) is 9.59 Å². The Hall–Kier alpha value is -1.88. The van der Waals surface area contributed by atoms with Gasteiger partial charge in [-0.15, -0.1) is 0 Å². The Morgan fingerprint density at radius 1 is 1.37 bits per heavy atom. The van der Waals surface area contributed by atoms with E-state index in [0.717, 1.165) is 12.8 Å². The number of nitrogens with one attached hydrogen (secondary N) is 1. The van der Waals surface area contributed by atoms with Crippen LogP contribution < -0.4 is 11.1 Å². The van der Waals surface area contributed by atoms with Crippen molar-refractivity contribution in [1.29, 1.82) is 0 Å². The fourth-order valence-corrected chi connectivity index (χ4v) is 1.74. The standard InChI is InChI=1S/C14H20N2O3/c1-2-3-7-11(15)14(19)16-12-8-5-4-6-10(12)9-13(17)18/h4-6,8,11H,2-3,7,9,15H2,1H3,(H,16,19)(H,17,18)/t11-/m0/s1. The Balaban J connectivity index is 2.70. The third-order valence-corrected chi connectivity index (χ3v) is 2.82. The van der Waals surface area contributed by atoms with E-state index in [1.807, 2.05) is 6.92 Å². The molecule has 0 radical (unpaired) electrons. The minimum atomic E-state index is -0.933. The molecule has 5 heteroatoms. The summed E-state index contributed by atoms with van der Waals surface area (Å²) in [4.78, 5) is 22.6. The number of carboxylic acid groups (broad SMARTS) is 1. The monoisotopic (exact) mass is 264 g/mol. The molecule has 0 bridgehead atoms. The van der Waals surface area contributed by atoms with Gasteiger partial charge in [-0.1, -0.05) is 38.0 Å². The van der Waals surface area contributed by atoms with Crippen LogP contribution in [-0.4, -0.2) is 23.0 Å². The lowest BCUT2D eigenvalue weighted by atomic mass is 10.1. The van der Waals surface area contributed by atoms with Crippen LogP contribution in [0.15, 0.2) is 24.3 Å². The number of benzene rings is 1. The minimum absolute atomic E-state index is 0.124. The van der Waals surface area contributed by atoms with Gasteiger partial charge in [-0.25, -0.2) is 0 Å². The number of para-hydroxylation sites is 1. The van der Waals surface area contributed by atoms with Crippen LogP contribution in [0, 0.1) is 0 Å². The molecule has 1 rings (SSSR count). The molecule has 0 saturated heterocycles. The van der Waals surface area contributed by atoms with Crippen LogP contribution in [0.1, 0.15) is 31.7 Å². The van der Waals surface area contributed by atoms with E-state index in [4.69, 9.17) is 10.8 Å².